The summed E-state index contributed by atoms with van der Waals surface area (Å²) in [6.45, 7) is 5.40. The van der Waals surface area contributed by atoms with Crippen molar-refractivity contribution in [3.63, 3.8) is 0 Å². The van der Waals surface area contributed by atoms with Crippen LogP contribution < -0.4 is 0 Å². The maximum absolute atomic E-state index is 13.2. The Morgan fingerprint density at radius 2 is 1.57 bits per heavy atom. The van der Waals surface area contributed by atoms with Crippen LogP contribution in [-0.2, 0) is 15.0 Å². The van der Waals surface area contributed by atoms with E-state index in [1.807, 2.05) is 6.08 Å². The number of amides is 3. The molecule has 2 saturated heterocycles. The van der Waals surface area contributed by atoms with Crippen molar-refractivity contribution in [2.45, 2.75) is 77.0 Å². The van der Waals surface area contributed by atoms with Crippen LogP contribution in [0, 0.1) is 31.6 Å². The van der Waals surface area contributed by atoms with Crippen molar-refractivity contribution < 1.29 is 14.4 Å². The van der Waals surface area contributed by atoms with Gasteiger partial charge in [0, 0.05) is 30.2 Å². The Morgan fingerprint density at radius 1 is 0.950 bits per heavy atom. The standard InChI is InChI=1S/C33H39N3O3S/c1-21-12-26(16-29-31(38)35(32(39)40-29)20-30(37)34-10-4-3-5-11-34)22(2)36(21)28-8-6-27(7-9-28)33-17-23-13-24(18-33)15-25(14-23)19-33/h6-9,12,16,23-25H,3-5,10-11,13-15,17-20H2,1-2H3/b29-16-. The van der Waals surface area contributed by atoms with Crippen molar-refractivity contribution in [3.8, 4) is 5.69 Å². The summed E-state index contributed by atoms with van der Waals surface area (Å²) in [6, 6.07) is 11.3. The average molecular weight is 558 g/mol. The monoisotopic (exact) mass is 557 g/mol. The van der Waals surface area contributed by atoms with Crippen LogP contribution in [0.3, 0.4) is 0 Å². The second kappa shape index (κ2) is 9.93. The van der Waals surface area contributed by atoms with E-state index in [4.69, 9.17) is 0 Å². The molecule has 7 heteroatoms. The maximum atomic E-state index is 13.2. The second-order valence-corrected chi connectivity index (χ2v) is 14.1. The van der Waals surface area contributed by atoms with Gasteiger partial charge in [-0.05, 0) is 142 Å². The molecule has 210 valence electrons. The highest BCUT2D eigenvalue weighted by molar-refractivity contribution is 8.18. The van der Waals surface area contributed by atoms with Crippen LogP contribution in [0.4, 0.5) is 4.79 Å². The van der Waals surface area contributed by atoms with Gasteiger partial charge in [-0.3, -0.25) is 19.3 Å². The molecule has 40 heavy (non-hydrogen) atoms. The molecule has 6 nitrogen and oxygen atoms in total. The Balaban J connectivity index is 1.10. The molecule has 4 bridgehead atoms. The van der Waals surface area contributed by atoms with E-state index in [0.717, 1.165) is 76.3 Å². The fourth-order valence-electron chi connectivity index (χ4n) is 8.92. The van der Waals surface area contributed by atoms with Gasteiger partial charge in [-0.25, -0.2) is 0 Å². The topological polar surface area (TPSA) is 62.6 Å². The molecule has 3 heterocycles. The Kier molecular flexibility index (Phi) is 6.49. The normalized spacial score (nSPS) is 30.6. The molecule has 0 radical (unpaired) electrons. The molecule has 6 aliphatic rings. The van der Waals surface area contributed by atoms with E-state index in [-0.39, 0.29) is 23.6 Å². The molecule has 0 unspecified atom stereocenters. The smallest absolute Gasteiger partial charge is 0.294 e. The van der Waals surface area contributed by atoms with Crippen molar-refractivity contribution in [2.75, 3.05) is 19.6 Å². The summed E-state index contributed by atoms with van der Waals surface area (Å²) in [5.41, 5.74) is 6.09. The highest BCUT2D eigenvalue weighted by Gasteiger charge is 2.51. The van der Waals surface area contributed by atoms with Crippen molar-refractivity contribution in [1.29, 1.82) is 0 Å². The van der Waals surface area contributed by atoms with Crippen molar-refractivity contribution in [1.82, 2.24) is 14.4 Å². The SMILES string of the molecule is Cc1cc(/C=C2\SC(=O)N(CC(=O)N3CCCCC3)C2=O)c(C)n1-c1ccc(C23CC4CC(CC(C4)C2)C3)cc1. The van der Waals surface area contributed by atoms with Crippen LogP contribution in [0.1, 0.15) is 80.3 Å². The number of hydrogen-bond acceptors (Lipinski definition) is 4. The van der Waals surface area contributed by atoms with Gasteiger partial charge >= 0.3 is 0 Å². The van der Waals surface area contributed by atoms with Gasteiger partial charge in [0.2, 0.25) is 5.91 Å². The summed E-state index contributed by atoms with van der Waals surface area (Å²) in [5, 5.41) is -0.365. The van der Waals surface area contributed by atoms with Crippen LogP contribution in [0.25, 0.3) is 11.8 Å². The summed E-state index contributed by atoms with van der Waals surface area (Å²) in [6.07, 6.45) is 13.4. The summed E-state index contributed by atoms with van der Waals surface area (Å²) >= 11 is 0.933. The quantitative estimate of drug-likeness (QED) is 0.388. The number of piperidine rings is 1. The third-order valence-corrected chi connectivity index (χ3v) is 11.3. The van der Waals surface area contributed by atoms with E-state index in [1.54, 1.807) is 4.90 Å². The number of carbonyl (C=O) groups excluding carboxylic acids is 3. The van der Waals surface area contributed by atoms with Gasteiger partial charge in [0.25, 0.3) is 11.1 Å². The molecule has 2 aliphatic heterocycles. The van der Waals surface area contributed by atoms with Crippen LogP contribution >= 0.6 is 11.8 Å². The molecular formula is C33H39N3O3S. The van der Waals surface area contributed by atoms with E-state index in [2.05, 4.69) is 48.7 Å². The first-order valence-electron chi connectivity index (χ1n) is 15.1. The molecule has 2 aromatic rings. The highest BCUT2D eigenvalue weighted by Crippen LogP contribution is 2.60. The molecule has 8 rings (SSSR count). The summed E-state index contributed by atoms with van der Waals surface area (Å²) in [7, 11) is 0. The third-order valence-electron chi connectivity index (χ3n) is 10.4. The Hall–Kier alpha value is -2.80. The number of aromatic nitrogens is 1. The van der Waals surface area contributed by atoms with E-state index >= 15 is 0 Å². The number of benzene rings is 1. The fraction of sp³-hybridized carbons (Fsp3) is 0.545. The zero-order valence-electron chi connectivity index (χ0n) is 23.7. The van der Waals surface area contributed by atoms with Gasteiger partial charge in [0.05, 0.1) is 4.91 Å². The van der Waals surface area contributed by atoms with Gasteiger partial charge in [-0.1, -0.05) is 12.1 Å². The van der Waals surface area contributed by atoms with Crippen molar-refractivity contribution in [2.24, 2.45) is 17.8 Å². The second-order valence-electron chi connectivity index (χ2n) is 13.1. The Morgan fingerprint density at radius 3 is 2.20 bits per heavy atom. The molecule has 4 aliphatic carbocycles. The number of hydrogen-bond donors (Lipinski definition) is 0. The van der Waals surface area contributed by atoms with Crippen molar-refractivity contribution >= 4 is 34.9 Å². The number of imide groups is 1. The molecule has 0 atom stereocenters. The molecule has 1 aromatic carbocycles. The molecule has 4 saturated carbocycles. The van der Waals surface area contributed by atoms with Crippen LogP contribution in [-0.4, -0.2) is 51.1 Å². The van der Waals surface area contributed by atoms with E-state index in [9.17, 15) is 14.4 Å². The average Bonchev–Trinajstić information content (AvgIpc) is 3.36. The number of thioether (sulfide) groups is 1. The molecule has 0 N–H and O–H groups in total. The number of nitrogens with zero attached hydrogens (tertiary/aromatic N) is 3. The minimum absolute atomic E-state index is 0.140. The first kappa shape index (κ1) is 26.1. The van der Waals surface area contributed by atoms with E-state index in [1.165, 1.54) is 44.1 Å². The molecule has 6 fully saturated rings. The first-order valence-corrected chi connectivity index (χ1v) is 15.9. The fourth-order valence-corrected chi connectivity index (χ4v) is 9.74. The minimum Gasteiger partial charge on any atom is -0.341 e. The third kappa shape index (κ3) is 4.45. The summed E-state index contributed by atoms with van der Waals surface area (Å²) in [5.74, 6) is 2.27. The van der Waals surface area contributed by atoms with Gasteiger partial charge in [-0.2, -0.15) is 0 Å². The minimum atomic E-state index is -0.370. The lowest BCUT2D eigenvalue weighted by molar-refractivity contribution is -0.136. The van der Waals surface area contributed by atoms with Crippen molar-refractivity contribution in [3.05, 3.63) is 57.8 Å². The van der Waals surface area contributed by atoms with Crippen LogP contribution in [0.15, 0.2) is 35.2 Å². The highest BCUT2D eigenvalue weighted by atomic mass is 32.2. The van der Waals surface area contributed by atoms with Gasteiger partial charge < -0.3 is 9.47 Å². The zero-order valence-corrected chi connectivity index (χ0v) is 24.5. The molecule has 3 amide bonds. The van der Waals surface area contributed by atoms with E-state index in [0.29, 0.717) is 23.4 Å². The molecule has 1 aromatic heterocycles. The number of carbonyl (C=O) groups is 3. The molecule has 0 spiro atoms. The van der Waals surface area contributed by atoms with Crippen LogP contribution in [0.2, 0.25) is 0 Å². The van der Waals surface area contributed by atoms with E-state index < -0.39 is 0 Å². The lowest BCUT2D eigenvalue weighted by atomic mass is 9.48. The number of aryl methyl sites for hydroxylation is 1. The number of likely N-dealkylation sites (tertiary alicyclic amines) is 1. The predicted molar refractivity (Wildman–Crippen MR) is 158 cm³/mol. The zero-order chi connectivity index (χ0) is 27.6. The lowest BCUT2D eigenvalue weighted by Gasteiger charge is -2.57. The Bertz CT molecular complexity index is 1360. The maximum Gasteiger partial charge on any atom is 0.294 e. The molecular weight excluding hydrogens is 518 g/mol. The van der Waals surface area contributed by atoms with Gasteiger partial charge in [0.1, 0.15) is 6.54 Å². The largest absolute Gasteiger partial charge is 0.341 e. The van der Waals surface area contributed by atoms with Gasteiger partial charge in [0.15, 0.2) is 0 Å². The first-order chi connectivity index (χ1) is 19.3. The number of rotatable bonds is 5. The van der Waals surface area contributed by atoms with Gasteiger partial charge in [-0.15, -0.1) is 0 Å². The predicted octanol–water partition coefficient (Wildman–Crippen LogP) is 6.61. The lowest BCUT2D eigenvalue weighted by Crippen LogP contribution is -2.48. The Labute approximate surface area is 241 Å². The van der Waals surface area contributed by atoms with Crippen LogP contribution in [0.5, 0.6) is 0 Å². The summed E-state index contributed by atoms with van der Waals surface area (Å²) in [4.78, 5) is 41.8. The summed E-state index contributed by atoms with van der Waals surface area (Å²) < 4.78 is 2.24.